The van der Waals surface area contributed by atoms with Gasteiger partial charge in [-0.3, -0.25) is 0 Å². The van der Waals surface area contributed by atoms with E-state index in [1.54, 1.807) is 36.1 Å². The van der Waals surface area contributed by atoms with Crippen molar-refractivity contribution in [3.8, 4) is 28.8 Å². The molecule has 38 heavy (non-hydrogen) atoms. The highest BCUT2D eigenvalue weighted by Gasteiger charge is 2.17. The molecular weight excluding hydrogens is 487 g/mol. The van der Waals surface area contributed by atoms with E-state index in [0.29, 0.717) is 22.6 Å². The number of aromatic nitrogens is 6. The summed E-state index contributed by atoms with van der Waals surface area (Å²) in [5, 5.41) is 27.4. The van der Waals surface area contributed by atoms with Crippen LogP contribution >= 0.6 is 0 Å². The van der Waals surface area contributed by atoms with E-state index < -0.39 is 11.9 Å². The van der Waals surface area contributed by atoms with Gasteiger partial charge in [-0.1, -0.05) is 6.07 Å². The van der Waals surface area contributed by atoms with Crippen molar-refractivity contribution < 1.29 is 14.2 Å². The zero-order valence-corrected chi connectivity index (χ0v) is 21.0. The highest BCUT2D eigenvalue weighted by molar-refractivity contribution is 5.85. The van der Waals surface area contributed by atoms with Gasteiger partial charge in [0.05, 0.1) is 48.0 Å². The Kier molecular flexibility index (Phi) is 6.72. The van der Waals surface area contributed by atoms with E-state index in [2.05, 4.69) is 26.2 Å². The summed E-state index contributed by atoms with van der Waals surface area (Å²) in [6, 6.07) is 11.5. The first-order chi connectivity index (χ1) is 18.3. The van der Waals surface area contributed by atoms with Crippen molar-refractivity contribution in [1.82, 2.24) is 29.4 Å². The van der Waals surface area contributed by atoms with Gasteiger partial charge in [0, 0.05) is 30.6 Å². The zero-order valence-electron chi connectivity index (χ0n) is 21.0. The second-order valence-electron chi connectivity index (χ2n) is 8.96. The van der Waals surface area contributed by atoms with Gasteiger partial charge in [0.25, 0.3) is 0 Å². The van der Waals surface area contributed by atoms with Crippen LogP contribution in [0.2, 0.25) is 0 Å². The summed E-state index contributed by atoms with van der Waals surface area (Å²) < 4.78 is 22.0. The van der Waals surface area contributed by atoms with Crippen LogP contribution < -0.4 is 9.64 Å². The van der Waals surface area contributed by atoms with E-state index in [1.807, 2.05) is 43.1 Å². The molecule has 0 bridgehead atoms. The van der Waals surface area contributed by atoms with E-state index in [4.69, 9.17) is 4.74 Å². The molecule has 0 spiro atoms. The summed E-state index contributed by atoms with van der Waals surface area (Å²) in [4.78, 5) is 11.1. The standard InChI is InChI=1S/C27H25FN8O2/c1-17(37)16-38-23-8-24(27-21(9-29)12-32-36(27)15-23)20-5-6-25(30-11-20)34(3)18(2)19-4-7-26(31-10-19)35-14-22(28)13-33-35/h4-8,10-15,17-18,37H,16H2,1-3H3. The van der Waals surface area contributed by atoms with Gasteiger partial charge in [-0.15, -0.1) is 0 Å². The minimum absolute atomic E-state index is 0.0480. The lowest BCUT2D eigenvalue weighted by Gasteiger charge is -2.26. The number of aliphatic hydroxyl groups is 1. The van der Waals surface area contributed by atoms with Crippen LogP contribution in [0.5, 0.6) is 5.75 Å². The molecule has 5 heterocycles. The molecule has 0 fully saturated rings. The Hall–Kier alpha value is -4.82. The van der Waals surface area contributed by atoms with Crippen LogP contribution in [0.15, 0.2) is 67.5 Å². The normalized spacial score (nSPS) is 12.7. The molecule has 192 valence electrons. The maximum absolute atomic E-state index is 13.3. The smallest absolute Gasteiger partial charge is 0.161 e. The maximum Gasteiger partial charge on any atom is 0.161 e. The van der Waals surface area contributed by atoms with Crippen molar-refractivity contribution in [2.45, 2.75) is 26.0 Å². The number of ether oxygens (including phenoxy) is 1. The lowest BCUT2D eigenvalue weighted by molar-refractivity contribution is 0.122. The first-order valence-electron chi connectivity index (χ1n) is 11.9. The Morgan fingerprint density at radius 2 is 1.92 bits per heavy atom. The van der Waals surface area contributed by atoms with Crippen LogP contribution in [0.25, 0.3) is 22.5 Å². The van der Waals surface area contributed by atoms with Crippen molar-refractivity contribution in [3.63, 3.8) is 0 Å². The minimum Gasteiger partial charge on any atom is -0.489 e. The molecule has 0 aromatic carbocycles. The maximum atomic E-state index is 13.3. The molecule has 0 radical (unpaired) electrons. The quantitative estimate of drug-likeness (QED) is 0.332. The minimum atomic E-state index is -0.625. The molecule has 5 aromatic heterocycles. The highest BCUT2D eigenvalue weighted by Crippen LogP contribution is 2.32. The molecule has 11 heteroatoms. The average molecular weight is 513 g/mol. The number of halogens is 1. The SMILES string of the molecule is CC(O)COc1cc(-c2ccc(N(C)C(C)c3ccc(-n4cc(F)cn4)nc3)nc2)c2c(C#N)cnn2c1. The Labute approximate surface area is 218 Å². The van der Waals surface area contributed by atoms with Gasteiger partial charge in [0.15, 0.2) is 11.6 Å². The predicted octanol–water partition coefficient (Wildman–Crippen LogP) is 3.94. The molecule has 0 saturated heterocycles. The van der Waals surface area contributed by atoms with E-state index in [1.165, 1.54) is 17.1 Å². The van der Waals surface area contributed by atoms with Crippen LogP contribution in [0.4, 0.5) is 10.2 Å². The third kappa shape index (κ3) is 4.89. The van der Waals surface area contributed by atoms with Crippen LogP contribution in [0.3, 0.4) is 0 Å². The largest absolute Gasteiger partial charge is 0.489 e. The van der Waals surface area contributed by atoms with Crippen molar-refractivity contribution in [3.05, 3.63) is 84.5 Å². The summed E-state index contributed by atoms with van der Waals surface area (Å²) in [5.74, 6) is 1.36. The van der Waals surface area contributed by atoms with E-state index >= 15 is 0 Å². The van der Waals surface area contributed by atoms with Gasteiger partial charge in [0.1, 0.15) is 24.2 Å². The summed E-state index contributed by atoms with van der Waals surface area (Å²) in [6.07, 6.45) is 8.46. The second-order valence-corrected chi connectivity index (χ2v) is 8.96. The Balaban J connectivity index is 1.40. The molecule has 2 atom stereocenters. The number of nitrogens with zero attached hydrogens (tertiary/aromatic N) is 8. The van der Waals surface area contributed by atoms with Crippen molar-refractivity contribution >= 4 is 11.3 Å². The molecule has 5 rings (SSSR count). The Morgan fingerprint density at radius 1 is 1.08 bits per heavy atom. The molecule has 1 N–H and O–H groups in total. The van der Waals surface area contributed by atoms with Crippen molar-refractivity contribution in [1.29, 1.82) is 5.26 Å². The molecule has 10 nitrogen and oxygen atoms in total. The monoisotopic (exact) mass is 512 g/mol. The van der Waals surface area contributed by atoms with Gasteiger partial charge >= 0.3 is 0 Å². The molecular formula is C27H25FN8O2. The second kappa shape index (κ2) is 10.3. The summed E-state index contributed by atoms with van der Waals surface area (Å²) >= 11 is 0. The van der Waals surface area contributed by atoms with Crippen molar-refractivity contribution in [2.24, 2.45) is 0 Å². The topological polar surface area (TPSA) is 117 Å². The fraction of sp³-hybridized carbons (Fsp3) is 0.222. The van der Waals surface area contributed by atoms with Gasteiger partial charge in [-0.05, 0) is 43.7 Å². The Morgan fingerprint density at radius 3 is 2.55 bits per heavy atom. The van der Waals surface area contributed by atoms with Crippen LogP contribution in [-0.4, -0.2) is 54.2 Å². The molecule has 2 unspecified atom stereocenters. The lowest BCUT2D eigenvalue weighted by atomic mass is 10.0. The third-order valence-corrected chi connectivity index (χ3v) is 6.24. The number of aliphatic hydroxyl groups excluding tert-OH is 1. The number of fused-ring (bicyclic) bond motifs is 1. The number of nitriles is 1. The average Bonchev–Trinajstić information content (AvgIpc) is 3.57. The molecule has 5 aromatic rings. The van der Waals surface area contributed by atoms with Gasteiger partial charge < -0.3 is 14.7 Å². The number of rotatable bonds is 8. The van der Waals surface area contributed by atoms with Crippen molar-refractivity contribution in [2.75, 3.05) is 18.6 Å². The summed E-state index contributed by atoms with van der Waals surface area (Å²) in [7, 11) is 1.94. The first-order valence-corrected chi connectivity index (χ1v) is 11.9. The van der Waals surface area contributed by atoms with Crippen LogP contribution in [0.1, 0.15) is 31.0 Å². The first kappa shape index (κ1) is 24.9. The fourth-order valence-corrected chi connectivity index (χ4v) is 4.08. The zero-order chi connectivity index (χ0) is 26.8. The van der Waals surface area contributed by atoms with Gasteiger partial charge in [0.2, 0.25) is 0 Å². The highest BCUT2D eigenvalue weighted by atomic mass is 19.1. The number of pyridine rings is 3. The number of hydrogen-bond donors (Lipinski definition) is 1. The number of hydrogen-bond acceptors (Lipinski definition) is 8. The Bertz CT molecular complexity index is 1600. The molecule has 0 saturated carbocycles. The van der Waals surface area contributed by atoms with Gasteiger partial charge in [-0.2, -0.15) is 15.5 Å². The molecule has 0 aliphatic heterocycles. The van der Waals surface area contributed by atoms with E-state index in [-0.39, 0.29) is 12.6 Å². The summed E-state index contributed by atoms with van der Waals surface area (Å²) in [5.41, 5.74) is 3.57. The van der Waals surface area contributed by atoms with E-state index in [9.17, 15) is 14.8 Å². The molecule has 0 amide bonds. The van der Waals surface area contributed by atoms with Crippen LogP contribution in [-0.2, 0) is 0 Å². The molecule has 0 aliphatic carbocycles. The van der Waals surface area contributed by atoms with Crippen LogP contribution in [0, 0.1) is 17.1 Å². The lowest BCUT2D eigenvalue weighted by Crippen LogP contribution is -2.22. The van der Waals surface area contributed by atoms with E-state index in [0.717, 1.165) is 28.7 Å². The predicted molar refractivity (Wildman–Crippen MR) is 138 cm³/mol. The molecule has 0 aliphatic rings. The van der Waals surface area contributed by atoms with Gasteiger partial charge in [-0.25, -0.2) is 23.6 Å². The number of anilines is 1. The summed E-state index contributed by atoms with van der Waals surface area (Å²) in [6.45, 7) is 3.82. The fourth-order valence-electron chi connectivity index (χ4n) is 4.08. The third-order valence-electron chi connectivity index (χ3n) is 6.24.